The van der Waals surface area contributed by atoms with Crippen LogP contribution in [0.5, 0.6) is 0 Å². The minimum absolute atomic E-state index is 0.151. The Morgan fingerprint density at radius 3 is 2.38 bits per heavy atom. The number of aromatic nitrogens is 6. The number of hydrogen-bond acceptors (Lipinski definition) is 10. The van der Waals surface area contributed by atoms with E-state index in [2.05, 4.69) is 25.4 Å². The fourth-order valence-electron chi connectivity index (χ4n) is 7.29. The Hall–Kier alpha value is -5.15. The van der Waals surface area contributed by atoms with Crippen molar-refractivity contribution in [2.45, 2.75) is 70.2 Å². The summed E-state index contributed by atoms with van der Waals surface area (Å²) in [5.41, 5.74) is 3.25. The van der Waals surface area contributed by atoms with Crippen molar-refractivity contribution in [3.05, 3.63) is 68.6 Å². The molecule has 0 saturated carbocycles. The van der Waals surface area contributed by atoms with E-state index in [9.17, 15) is 24.3 Å². The summed E-state index contributed by atoms with van der Waals surface area (Å²) in [6.45, 7) is 5.37. The molecule has 52 heavy (non-hydrogen) atoms. The first-order valence-electron chi connectivity index (χ1n) is 17.4. The van der Waals surface area contributed by atoms with Gasteiger partial charge in [0.2, 0.25) is 17.8 Å². The summed E-state index contributed by atoms with van der Waals surface area (Å²) in [6, 6.07) is 10.9. The molecular weight excluding hydrogens is 688 g/mol. The number of nitrogens with zero attached hydrogens (tertiary/aromatic N) is 8. The van der Waals surface area contributed by atoms with Crippen LogP contribution < -0.4 is 31.8 Å². The Balaban J connectivity index is 1.05. The van der Waals surface area contributed by atoms with Gasteiger partial charge in [-0.25, -0.2) is 14.6 Å². The second-order valence-corrected chi connectivity index (χ2v) is 14.8. The number of aliphatic hydroxyl groups is 1. The molecule has 2 aliphatic rings. The van der Waals surface area contributed by atoms with Crippen LogP contribution in [-0.2, 0) is 30.2 Å². The number of piperidine rings is 2. The quantitative estimate of drug-likeness (QED) is 0.192. The van der Waals surface area contributed by atoms with Crippen LogP contribution in [0.1, 0.15) is 52.0 Å². The van der Waals surface area contributed by atoms with Gasteiger partial charge in [-0.05, 0) is 75.9 Å². The first-order valence-corrected chi connectivity index (χ1v) is 17.8. The third kappa shape index (κ3) is 6.54. The van der Waals surface area contributed by atoms with Gasteiger partial charge in [0.25, 0.3) is 0 Å². The molecule has 274 valence electrons. The zero-order chi connectivity index (χ0) is 37.1. The highest BCUT2D eigenvalue weighted by Gasteiger charge is 2.32. The fourth-order valence-corrected chi connectivity index (χ4v) is 7.43. The number of imidazole rings is 2. The van der Waals surface area contributed by atoms with Crippen molar-refractivity contribution >= 4 is 68.6 Å². The molecule has 2 amide bonds. The number of benzene rings is 2. The van der Waals surface area contributed by atoms with Gasteiger partial charge >= 0.3 is 11.4 Å². The van der Waals surface area contributed by atoms with E-state index in [4.69, 9.17) is 16.6 Å². The highest BCUT2D eigenvalue weighted by atomic mass is 35.5. The van der Waals surface area contributed by atoms with E-state index in [-0.39, 0.29) is 29.7 Å². The number of amides is 2. The second-order valence-electron chi connectivity index (χ2n) is 14.4. The summed E-state index contributed by atoms with van der Waals surface area (Å²) in [5, 5.41) is 16.3. The van der Waals surface area contributed by atoms with Crippen LogP contribution in [-0.4, -0.2) is 76.9 Å². The summed E-state index contributed by atoms with van der Waals surface area (Å²) in [7, 11) is 5.41. The molecule has 2 fully saturated rings. The smallest absolute Gasteiger partial charge is 0.329 e. The van der Waals surface area contributed by atoms with Gasteiger partial charge in [-0.3, -0.25) is 33.2 Å². The molecule has 5 heterocycles. The lowest BCUT2D eigenvalue weighted by molar-refractivity contribution is -0.135. The first kappa shape index (κ1) is 35.3. The molecule has 16 heteroatoms. The summed E-state index contributed by atoms with van der Waals surface area (Å²) < 4.78 is 6.32. The van der Waals surface area contributed by atoms with Gasteiger partial charge in [0.1, 0.15) is 11.1 Å². The lowest BCUT2D eigenvalue weighted by Gasteiger charge is -2.38. The Bertz CT molecular complexity index is 2330. The average Bonchev–Trinajstić information content (AvgIpc) is 3.50. The molecule has 15 nitrogen and oxygen atoms in total. The van der Waals surface area contributed by atoms with Crippen molar-refractivity contribution in [3.63, 3.8) is 0 Å². The number of hydrogen-bond donors (Lipinski definition) is 3. The maximum Gasteiger partial charge on any atom is 0.329 e. The highest BCUT2D eigenvalue weighted by Crippen LogP contribution is 2.31. The van der Waals surface area contributed by atoms with E-state index in [0.717, 1.165) is 48.2 Å². The molecule has 0 bridgehead atoms. The van der Waals surface area contributed by atoms with Gasteiger partial charge in [-0.15, -0.1) is 0 Å². The molecule has 0 radical (unpaired) electrons. The zero-order valence-electron chi connectivity index (χ0n) is 29.9. The summed E-state index contributed by atoms with van der Waals surface area (Å²) >= 11 is 6.57. The monoisotopic (exact) mass is 730 g/mol. The van der Waals surface area contributed by atoms with Gasteiger partial charge in [-0.1, -0.05) is 11.6 Å². The van der Waals surface area contributed by atoms with Crippen molar-refractivity contribution in [1.82, 2.24) is 33.6 Å². The van der Waals surface area contributed by atoms with Gasteiger partial charge in [0, 0.05) is 64.6 Å². The summed E-state index contributed by atoms with van der Waals surface area (Å²) in [4.78, 5) is 64.2. The van der Waals surface area contributed by atoms with E-state index in [1.807, 2.05) is 43.4 Å². The van der Waals surface area contributed by atoms with E-state index >= 15 is 0 Å². The van der Waals surface area contributed by atoms with Crippen LogP contribution in [0.25, 0.3) is 22.1 Å². The maximum absolute atomic E-state index is 13.2. The molecule has 1 unspecified atom stereocenters. The van der Waals surface area contributed by atoms with Crippen molar-refractivity contribution < 1.29 is 14.7 Å². The summed E-state index contributed by atoms with van der Waals surface area (Å²) in [6.07, 6.45) is 4.17. The van der Waals surface area contributed by atoms with Crippen LogP contribution in [0.2, 0.25) is 5.02 Å². The van der Waals surface area contributed by atoms with E-state index in [0.29, 0.717) is 47.4 Å². The standard InChI is InChI=1S/C36H43ClN10O5/c1-36(2,52)14-17-46-29-18-21(6-8-25(29)43(4)34(46)50)39-31-24(37)20-38-33(41-31)42(3)22-12-15-45(16-13-22)23-7-9-26-28(19-23)44(5)35(51)47(26)27-10-11-30(48)40-32(27)49/h6-9,18-20,22,27,52H,10-17H2,1-5H3,(H,38,39,41)(H,40,48,49). The topological polar surface area (TPSA) is 165 Å². The average molecular weight is 731 g/mol. The number of carbonyl (C=O) groups is 2. The Kier molecular flexibility index (Phi) is 9.11. The predicted octanol–water partition coefficient (Wildman–Crippen LogP) is 3.42. The number of halogens is 1. The lowest BCUT2D eigenvalue weighted by Crippen LogP contribution is -2.44. The lowest BCUT2D eigenvalue weighted by atomic mass is 10.0. The number of imide groups is 1. The van der Waals surface area contributed by atoms with Crippen LogP contribution in [0.4, 0.5) is 23.1 Å². The molecule has 0 aliphatic carbocycles. The van der Waals surface area contributed by atoms with Gasteiger partial charge in [-0.2, -0.15) is 4.98 Å². The normalized spacial score (nSPS) is 17.3. The van der Waals surface area contributed by atoms with E-state index in [1.54, 1.807) is 47.8 Å². The third-order valence-corrected chi connectivity index (χ3v) is 10.7. The highest BCUT2D eigenvalue weighted by molar-refractivity contribution is 6.32. The number of anilines is 4. The number of nitrogens with one attached hydrogen (secondary N) is 2. The Labute approximate surface area is 304 Å². The van der Waals surface area contributed by atoms with E-state index < -0.39 is 17.6 Å². The van der Waals surface area contributed by atoms with Crippen molar-refractivity contribution in [3.8, 4) is 0 Å². The van der Waals surface area contributed by atoms with Crippen molar-refractivity contribution in [1.29, 1.82) is 0 Å². The third-order valence-electron chi connectivity index (χ3n) is 10.4. The van der Waals surface area contributed by atoms with Gasteiger partial charge in [0.05, 0.1) is 33.9 Å². The van der Waals surface area contributed by atoms with Crippen molar-refractivity contribution in [2.75, 3.05) is 35.3 Å². The molecule has 2 aliphatic heterocycles. The predicted molar refractivity (Wildman–Crippen MR) is 201 cm³/mol. The molecular formula is C36H43ClN10O5. The molecule has 7 rings (SSSR count). The summed E-state index contributed by atoms with van der Waals surface area (Å²) in [5.74, 6) is 0.202. The van der Waals surface area contributed by atoms with Crippen molar-refractivity contribution in [2.24, 2.45) is 14.1 Å². The molecule has 2 saturated heterocycles. The molecule has 5 aromatic rings. The van der Waals surface area contributed by atoms with Crippen LogP contribution >= 0.6 is 11.6 Å². The molecule has 0 spiro atoms. The minimum Gasteiger partial charge on any atom is -0.390 e. The minimum atomic E-state index is -0.908. The Morgan fingerprint density at radius 1 is 0.962 bits per heavy atom. The van der Waals surface area contributed by atoms with Gasteiger partial charge in [0.15, 0.2) is 5.82 Å². The molecule has 1 atom stereocenters. The van der Waals surface area contributed by atoms with Crippen LogP contribution in [0.15, 0.2) is 52.2 Å². The number of rotatable bonds is 9. The zero-order valence-corrected chi connectivity index (χ0v) is 30.6. The fraction of sp³-hybridized carbons (Fsp3) is 0.444. The second kappa shape index (κ2) is 13.4. The molecule has 3 N–H and O–H groups in total. The number of aryl methyl sites for hydroxylation is 3. The molecule has 3 aromatic heterocycles. The largest absolute Gasteiger partial charge is 0.390 e. The number of fused-ring (bicyclic) bond motifs is 2. The SMILES string of the molecule is CN(c1ncc(Cl)c(Nc2ccc3c(c2)n(CCC(C)(C)O)c(=O)n3C)n1)C1CCN(c2ccc3c(c2)n(C)c(=O)n3C2CCC(=O)NC2=O)CC1. The number of carbonyl (C=O) groups excluding carboxylic acids is 2. The Morgan fingerprint density at radius 2 is 1.67 bits per heavy atom. The van der Waals surface area contributed by atoms with Crippen LogP contribution in [0.3, 0.4) is 0 Å². The molecule has 2 aromatic carbocycles. The first-order chi connectivity index (χ1) is 24.7. The maximum atomic E-state index is 13.2. The van der Waals surface area contributed by atoms with Gasteiger partial charge < -0.3 is 20.2 Å². The van der Waals surface area contributed by atoms with Crippen LogP contribution in [0, 0.1) is 0 Å². The van der Waals surface area contributed by atoms with E-state index in [1.165, 1.54) is 4.57 Å².